The summed E-state index contributed by atoms with van der Waals surface area (Å²) in [6.07, 6.45) is 3.05. The van der Waals surface area contributed by atoms with Gasteiger partial charge in [0.25, 0.3) is 0 Å². The van der Waals surface area contributed by atoms with Crippen LogP contribution in [0.15, 0.2) is 16.9 Å². The van der Waals surface area contributed by atoms with E-state index < -0.39 is 5.60 Å². The van der Waals surface area contributed by atoms with Crippen LogP contribution in [0, 0.1) is 0 Å². The number of nitrogens with zero attached hydrogens (tertiary/aromatic N) is 2. The summed E-state index contributed by atoms with van der Waals surface area (Å²) in [5.74, 6) is 0. The Bertz CT molecular complexity index is 287. The third-order valence-electron chi connectivity index (χ3n) is 1.54. The lowest BCUT2D eigenvalue weighted by Gasteiger charge is -2.25. The molecule has 1 amide bonds. The number of aliphatic imine (C=N–C) groups is 1. The summed E-state index contributed by atoms with van der Waals surface area (Å²) in [6, 6.07) is 0. The molecule has 0 spiro atoms. The Morgan fingerprint density at radius 2 is 2.21 bits per heavy atom. The van der Waals surface area contributed by atoms with Crippen molar-refractivity contribution >= 4 is 12.3 Å². The number of carbonyl (C=O) groups is 1. The molecule has 0 bridgehead atoms. The summed E-state index contributed by atoms with van der Waals surface area (Å²) in [5, 5.41) is 0. The van der Waals surface area contributed by atoms with Crippen molar-refractivity contribution in [2.24, 2.45) is 4.99 Å². The molecule has 0 N–H and O–H groups in total. The maximum atomic E-state index is 11.6. The van der Waals surface area contributed by atoms with E-state index in [1.54, 1.807) is 12.4 Å². The van der Waals surface area contributed by atoms with E-state index in [2.05, 4.69) is 4.99 Å². The lowest BCUT2D eigenvalue weighted by atomic mass is 10.2. The fourth-order valence-electron chi connectivity index (χ4n) is 1.03. The van der Waals surface area contributed by atoms with E-state index in [1.807, 2.05) is 27.7 Å². The highest BCUT2D eigenvalue weighted by Gasteiger charge is 2.21. The van der Waals surface area contributed by atoms with E-state index in [4.69, 9.17) is 4.74 Å². The smallest absolute Gasteiger partial charge is 0.414 e. The molecule has 4 nitrogen and oxygen atoms in total. The van der Waals surface area contributed by atoms with Gasteiger partial charge in [-0.25, -0.2) is 4.79 Å². The third-order valence-corrected chi connectivity index (χ3v) is 1.54. The molecule has 0 atom stereocenters. The number of amides is 1. The monoisotopic (exact) mass is 196 g/mol. The topological polar surface area (TPSA) is 41.9 Å². The summed E-state index contributed by atoms with van der Waals surface area (Å²) in [4.78, 5) is 17.1. The van der Waals surface area contributed by atoms with Gasteiger partial charge in [0.1, 0.15) is 5.60 Å². The number of hydrogen-bond acceptors (Lipinski definition) is 3. The molecule has 4 heteroatoms. The summed E-state index contributed by atoms with van der Waals surface area (Å²) in [7, 11) is 0. The van der Waals surface area contributed by atoms with Gasteiger partial charge in [0.15, 0.2) is 0 Å². The second kappa shape index (κ2) is 3.82. The molecule has 1 aliphatic rings. The van der Waals surface area contributed by atoms with Crippen molar-refractivity contribution in [2.75, 3.05) is 6.54 Å². The molecule has 78 valence electrons. The lowest BCUT2D eigenvalue weighted by Crippen LogP contribution is -2.35. The summed E-state index contributed by atoms with van der Waals surface area (Å²) in [6.45, 7) is 7.86. The molecule has 0 saturated carbocycles. The number of allylic oxidation sites excluding steroid dienone is 1. The Labute approximate surface area is 84.3 Å². The van der Waals surface area contributed by atoms with E-state index >= 15 is 0 Å². The molecule has 0 aromatic rings. The second-order valence-electron chi connectivity index (χ2n) is 4.21. The number of carbonyl (C=O) groups excluding carboxylic acids is 1. The molecule has 0 fully saturated rings. The Balaban J connectivity index is 2.59. The maximum absolute atomic E-state index is 11.6. The zero-order chi connectivity index (χ0) is 10.8. The summed E-state index contributed by atoms with van der Waals surface area (Å²) in [5.41, 5.74) is 0.357. The van der Waals surface area contributed by atoms with Gasteiger partial charge in [-0.05, 0) is 27.7 Å². The minimum Gasteiger partial charge on any atom is -0.443 e. The van der Waals surface area contributed by atoms with Crippen molar-refractivity contribution in [3.8, 4) is 0 Å². The summed E-state index contributed by atoms with van der Waals surface area (Å²) >= 11 is 0. The maximum Gasteiger partial charge on any atom is 0.414 e. The molecule has 0 aromatic carbocycles. The Morgan fingerprint density at radius 3 is 2.71 bits per heavy atom. The van der Waals surface area contributed by atoms with Crippen LogP contribution in [0.4, 0.5) is 4.79 Å². The average molecular weight is 196 g/mol. The summed E-state index contributed by atoms with van der Waals surface area (Å²) < 4.78 is 5.21. The first-order valence-electron chi connectivity index (χ1n) is 4.59. The van der Waals surface area contributed by atoms with Gasteiger partial charge in [-0.15, -0.1) is 0 Å². The van der Waals surface area contributed by atoms with Crippen molar-refractivity contribution in [3.05, 3.63) is 11.9 Å². The minimum atomic E-state index is -0.451. The second-order valence-corrected chi connectivity index (χ2v) is 4.21. The first kappa shape index (κ1) is 10.8. The SMILES string of the molecule is CC1=CN(C(=O)OC(C)(C)C)CC=N1. The minimum absolute atomic E-state index is 0.331. The first-order valence-corrected chi connectivity index (χ1v) is 4.59. The highest BCUT2D eigenvalue weighted by atomic mass is 16.6. The van der Waals surface area contributed by atoms with Crippen LogP contribution >= 0.6 is 0 Å². The Morgan fingerprint density at radius 1 is 1.57 bits per heavy atom. The largest absolute Gasteiger partial charge is 0.443 e. The van der Waals surface area contributed by atoms with Crippen LogP contribution in [0.1, 0.15) is 27.7 Å². The van der Waals surface area contributed by atoms with Crippen molar-refractivity contribution in [1.29, 1.82) is 0 Å². The first-order chi connectivity index (χ1) is 6.38. The predicted octanol–water partition coefficient (Wildman–Crippen LogP) is 2.17. The van der Waals surface area contributed by atoms with E-state index in [0.29, 0.717) is 6.54 Å². The fraction of sp³-hybridized carbons (Fsp3) is 0.600. The zero-order valence-corrected chi connectivity index (χ0v) is 9.07. The Hall–Kier alpha value is -1.32. The number of hydrogen-bond donors (Lipinski definition) is 0. The molecule has 0 saturated heterocycles. The standard InChI is InChI=1S/C10H16N2O2/c1-8-7-12(6-5-11-8)9(13)14-10(2,3)4/h5,7H,6H2,1-4H3. The van der Waals surface area contributed by atoms with E-state index in [1.165, 1.54) is 4.90 Å². The van der Waals surface area contributed by atoms with Crippen LogP contribution in [0.25, 0.3) is 0 Å². The highest BCUT2D eigenvalue weighted by molar-refractivity contribution is 5.76. The number of ether oxygens (including phenoxy) is 1. The molecule has 14 heavy (non-hydrogen) atoms. The fourth-order valence-corrected chi connectivity index (χ4v) is 1.03. The molecular formula is C10H16N2O2. The van der Waals surface area contributed by atoms with E-state index in [-0.39, 0.29) is 6.09 Å². The quantitative estimate of drug-likeness (QED) is 0.595. The van der Waals surface area contributed by atoms with Crippen LogP contribution in [0.5, 0.6) is 0 Å². The van der Waals surface area contributed by atoms with Gasteiger partial charge in [0.05, 0.1) is 12.2 Å². The number of rotatable bonds is 0. The van der Waals surface area contributed by atoms with Gasteiger partial charge in [0.2, 0.25) is 0 Å². The molecule has 0 unspecified atom stereocenters. The van der Waals surface area contributed by atoms with Gasteiger partial charge in [-0.2, -0.15) is 0 Å². The van der Waals surface area contributed by atoms with E-state index in [9.17, 15) is 4.79 Å². The van der Waals surface area contributed by atoms with Crippen molar-refractivity contribution in [1.82, 2.24) is 4.90 Å². The van der Waals surface area contributed by atoms with Crippen LogP contribution in [0.2, 0.25) is 0 Å². The van der Waals surface area contributed by atoms with Crippen LogP contribution in [-0.2, 0) is 4.74 Å². The molecule has 0 aliphatic carbocycles. The third kappa shape index (κ3) is 3.20. The molecule has 1 rings (SSSR count). The van der Waals surface area contributed by atoms with Crippen molar-refractivity contribution in [2.45, 2.75) is 33.3 Å². The van der Waals surface area contributed by atoms with Gasteiger partial charge >= 0.3 is 6.09 Å². The van der Waals surface area contributed by atoms with Crippen LogP contribution in [0.3, 0.4) is 0 Å². The Kier molecular flexibility index (Phi) is 2.93. The molecule has 1 aliphatic heterocycles. The van der Waals surface area contributed by atoms with E-state index in [0.717, 1.165) is 5.70 Å². The molecule has 0 aromatic heterocycles. The molecule has 1 heterocycles. The molecular weight excluding hydrogens is 180 g/mol. The highest BCUT2D eigenvalue weighted by Crippen LogP contribution is 2.12. The average Bonchev–Trinajstić information content (AvgIpc) is 2.01. The van der Waals surface area contributed by atoms with Gasteiger partial charge in [-0.1, -0.05) is 0 Å². The normalized spacial score (nSPS) is 16.6. The van der Waals surface area contributed by atoms with Crippen molar-refractivity contribution in [3.63, 3.8) is 0 Å². The molecule has 0 radical (unpaired) electrons. The zero-order valence-electron chi connectivity index (χ0n) is 9.07. The predicted molar refractivity (Wildman–Crippen MR) is 55.2 cm³/mol. The lowest BCUT2D eigenvalue weighted by molar-refractivity contribution is 0.0355. The van der Waals surface area contributed by atoms with Gasteiger partial charge in [0, 0.05) is 12.4 Å². The van der Waals surface area contributed by atoms with Gasteiger partial charge in [-0.3, -0.25) is 9.89 Å². The van der Waals surface area contributed by atoms with Crippen LogP contribution < -0.4 is 0 Å². The van der Waals surface area contributed by atoms with Crippen LogP contribution in [-0.4, -0.2) is 29.4 Å². The van der Waals surface area contributed by atoms with Crippen molar-refractivity contribution < 1.29 is 9.53 Å². The van der Waals surface area contributed by atoms with Gasteiger partial charge < -0.3 is 4.74 Å².